The molecule has 0 fully saturated rings. The maximum atomic E-state index is 5.75. The lowest BCUT2D eigenvalue weighted by Crippen LogP contribution is -2.05. The Balaban J connectivity index is 2.70. The second kappa shape index (κ2) is 7.89. The van der Waals surface area contributed by atoms with Gasteiger partial charge in [0.05, 0.1) is 6.61 Å². The molecule has 0 aliphatic rings. The molecule has 0 bridgehead atoms. The Kier molecular flexibility index (Phi) is 6.50. The smallest absolute Gasteiger partial charge is 0.119 e. The van der Waals surface area contributed by atoms with Gasteiger partial charge in [0, 0.05) is 12.8 Å². The van der Waals surface area contributed by atoms with Gasteiger partial charge in [-0.05, 0) is 42.0 Å². The quantitative estimate of drug-likeness (QED) is 0.680. The first-order chi connectivity index (χ1) is 9.04. The number of rotatable bonds is 5. The van der Waals surface area contributed by atoms with Gasteiger partial charge in [0.15, 0.2) is 0 Å². The molecule has 0 aliphatic heterocycles. The summed E-state index contributed by atoms with van der Waals surface area (Å²) in [7, 11) is 0. The third-order valence-electron chi connectivity index (χ3n) is 3.07. The number of benzene rings is 1. The Labute approximate surface area is 118 Å². The fourth-order valence-electron chi connectivity index (χ4n) is 2.01. The topological polar surface area (TPSA) is 9.23 Å². The summed E-state index contributed by atoms with van der Waals surface area (Å²) in [5.41, 5.74) is 2.68. The van der Waals surface area contributed by atoms with Gasteiger partial charge in [-0.2, -0.15) is 0 Å². The maximum absolute atomic E-state index is 5.75. The van der Waals surface area contributed by atoms with E-state index in [1.807, 2.05) is 0 Å². The monoisotopic (exact) mass is 258 g/mol. The Morgan fingerprint density at radius 1 is 1.16 bits per heavy atom. The van der Waals surface area contributed by atoms with Crippen molar-refractivity contribution in [1.29, 1.82) is 0 Å². The van der Waals surface area contributed by atoms with E-state index < -0.39 is 0 Å². The van der Waals surface area contributed by atoms with Crippen LogP contribution in [0.15, 0.2) is 18.2 Å². The molecule has 0 spiro atoms. The van der Waals surface area contributed by atoms with Gasteiger partial charge in [0.25, 0.3) is 0 Å². The van der Waals surface area contributed by atoms with Gasteiger partial charge < -0.3 is 4.74 Å². The third kappa shape index (κ3) is 5.39. The van der Waals surface area contributed by atoms with Gasteiger partial charge in [0.1, 0.15) is 5.75 Å². The highest BCUT2D eigenvalue weighted by molar-refractivity contribution is 5.37. The summed E-state index contributed by atoms with van der Waals surface area (Å²) in [4.78, 5) is 0. The largest absolute Gasteiger partial charge is 0.493 e. The van der Waals surface area contributed by atoms with Crippen molar-refractivity contribution in [2.75, 3.05) is 6.61 Å². The van der Waals surface area contributed by atoms with Gasteiger partial charge in [-0.25, -0.2) is 0 Å². The van der Waals surface area contributed by atoms with E-state index in [1.54, 1.807) is 0 Å². The van der Waals surface area contributed by atoms with Crippen LogP contribution in [0.4, 0.5) is 0 Å². The summed E-state index contributed by atoms with van der Waals surface area (Å²) in [5.74, 6) is 8.39. The van der Waals surface area contributed by atoms with Crippen LogP contribution in [-0.2, 0) is 0 Å². The molecule has 1 nitrogen and oxygen atoms in total. The molecule has 1 aromatic carbocycles. The zero-order valence-corrected chi connectivity index (χ0v) is 12.9. The van der Waals surface area contributed by atoms with Crippen molar-refractivity contribution in [3.05, 3.63) is 29.3 Å². The van der Waals surface area contributed by atoms with Crippen molar-refractivity contribution >= 4 is 0 Å². The zero-order chi connectivity index (χ0) is 14.3. The average molecular weight is 258 g/mol. The molecule has 1 heteroatoms. The van der Waals surface area contributed by atoms with Crippen LogP contribution in [0.3, 0.4) is 0 Å². The molecule has 1 rings (SSSR count). The molecular formula is C18H26O. The number of hydrogen-bond donors (Lipinski definition) is 0. The second-order valence-corrected chi connectivity index (χ2v) is 5.54. The number of ether oxygens (including phenoxy) is 1. The lowest BCUT2D eigenvalue weighted by Gasteiger charge is -2.15. The van der Waals surface area contributed by atoms with E-state index in [1.165, 1.54) is 11.1 Å². The standard InChI is InChI=1S/C18H26O/c1-6-7-8-9-15(4)18-11-10-17(12-16(18)5)19-13-14(2)3/h10-12,14-15H,6,9,13H2,1-5H3. The van der Waals surface area contributed by atoms with E-state index in [0.717, 1.165) is 25.2 Å². The summed E-state index contributed by atoms with van der Waals surface area (Å²) in [6.07, 6.45) is 1.87. The van der Waals surface area contributed by atoms with Crippen molar-refractivity contribution in [2.45, 2.75) is 53.4 Å². The molecule has 1 atom stereocenters. The van der Waals surface area contributed by atoms with Crippen LogP contribution >= 0.6 is 0 Å². The first-order valence-corrected chi connectivity index (χ1v) is 7.23. The fourth-order valence-corrected chi connectivity index (χ4v) is 2.01. The Hall–Kier alpha value is -1.42. The molecule has 0 aliphatic carbocycles. The molecule has 19 heavy (non-hydrogen) atoms. The molecule has 0 saturated carbocycles. The Bertz CT molecular complexity index is 448. The molecular weight excluding hydrogens is 232 g/mol. The Morgan fingerprint density at radius 2 is 1.89 bits per heavy atom. The van der Waals surface area contributed by atoms with Gasteiger partial charge in [-0.15, -0.1) is 11.8 Å². The number of aryl methyl sites for hydroxylation is 1. The summed E-state index contributed by atoms with van der Waals surface area (Å²) < 4.78 is 5.75. The summed E-state index contributed by atoms with van der Waals surface area (Å²) >= 11 is 0. The molecule has 1 unspecified atom stereocenters. The minimum absolute atomic E-state index is 0.484. The van der Waals surface area contributed by atoms with Crippen LogP contribution in [-0.4, -0.2) is 6.61 Å². The van der Waals surface area contributed by atoms with E-state index in [9.17, 15) is 0 Å². The van der Waals surface area contributed by atoms with E-state index in [-0.39, 0.29) is 0 Å². The summed E-state index contributed by atoms with van der Waals surface area (Å²) in [6, 6.07) is 6.40. The predicted octanol–water partition coefficient (Wildman–Crippen LogP) is 4.94. The normalized spacial score (nSPS) is 11.9. The minimum atomic E-state index is 0.484. The molecule has 0 aromatic heterocycles. The number of hydrogen-bond acceptors (Lipinski definition) is 1. The first kappa shape index (κ1) is 15.6. The van der Waals surface area contributed by atoms with Crippen LogP contribution in [0.5, 0.6) is 5.75 Å². The lowest BCUT2D eigenvalue weighted by atomic mass is 9.94. The van der Waals surface area contributed by atoms with Crippen molar-refractivity contribution in [1.82, 2.24) is 0 Å². The van der Waals surface area contributed by atoms with Gasteiger partial charge in [0.2, 0.25) is 0 Å². The molecule has 0 saturated heterocycles. The lowest BCUT2D eigenvalue weighted by molar-refractivity contribution is 0.271. The van der Waals surface area contributed by atoms with Crippen molar-refractivity contribution in [3.63, 3.8) is 0 Å². The summed E-state index contributed by atoms with van der Waals surface area (Å²) in [5, 5.41) is 0. The van der Waals surface area contributed by atoms with Crippen LogP contribution in [0.1, 0.15) is 57.6 Å². The maximum Gasteiger partial charge on any atom is 0.119 e. The van der Waals surface area contributed by atoms with Crippen molar-refractivity contribution in [3.8, 4) is 17.6 Å². The van der Waals surface area contributed by atoms with E-state index in [0.29, 0.717) is 11.8 Å². The molecule has 0 amide bonds. The minimum Gasteiger partial charge on any atom is -0.493 e. The van der Waals surface area contributed by atoms with Crippen LogP contribution in [0, 0.1) is 24.7 Å². The highest BCUT2D eigenvalue weighted by Gasteiger charge is 2.08. The van der Waals surface area contributed by atoms with Crippen LogP contribution in [0.25, 0.3) is 0 Å². The molecule has 1 aromatic rings. The molecule has 0 radical (unpaired) electrons. The van der Waals surface area contributed by atoms with Gasteiger partial charge in [-0.3, -0.25) is 0 Å². The van der Waals surface area contributed by atoms with E-state index >= 15 is 0 Å². The van der Waals surface area contributed by atoms with Crippen molar-refractivity contribution in [2.24, 2.45) is 5.92 Å². The average Bonchev–Trinajstić information content (AvgIpc) is 2.36. The van der Waals surface area contributed by atoms with Crippen LogP contribution in [0.2, 0.25) is 0 Å². The van der Waals surface area contributed by atoms with E-state index in [2.05, 4.69) is 64.7 Å². The van der Waals surface area contributed by atoms with E-state index in [4.69, 9.17) is 4.74 Å². The SMILES string of the molecule is CCC#CCC(C)c1ccc(OCC(C)C)cc1C. The van der Waals surface area contributed by atoms with Gasteiger partial charge in [-0.1, -0.05) is 33.8 Å². The highest BCUT2D eigenvalue weighted by Crippen LogP contribution is 2.26. The summed E-state index contributed by atoms with van der Waals surface area (Å²) in [6.45, 7) is 11.6. The Morgan fingerprint density at radius 3 is 2.47 bits per heavy atom. The first-order valence-electron chi connectivity index (χ1n) is 7.23. The zero-order valence-electron chi connectivity index (χ0n) is 12.9. The molecule has 104 valence electrons. The highest BCUT2D eigenvalue weighted by atomic mass is 16.5. The second-order valence-electron chi connectivity index (χ2n) is 5.54. The van der Waals surface area contributed by atoms with Gasteiger partial charge >= 0.3 is 0 Å². The molecule has 0 heterocycles. The predicted molar refractivity (Wildman–Crippen MR) is 82.6 cm³/mol. The fraction of sp³-hybridized carbons (Fsp3) is 0.556. The van der Waals surface area contributed by atoms with Crippen LogP contribution < -0.4 is 4.74 Å². The molecule has 0 N–H and O–H groups in total. The van der Waals surface area contributed by atoms with Crippen molar-refractivity contribution < 1.29 is 4.74 Å². The third-order valence-corrected chi connectivity index (χ3v) is 3.07.